The highest BCUT2D eigenvalue weighted by molar-refractivity contribution is 6.08. The molecule has 25 heavy (non-hydrogen) atoms. The lowest BCUT2D eigenvalue weighted by Gasteiger charge is -2.35. The van der Waals surface area contributed by atoms with Gasteiger partial charge in [-0.2, -0.15) is 0 Å². The van der Waals surface area contributed by atoms with Crippen LogP contribution in [0.5, 0.6) is 0 Å². The van der Waals surface area contributed by atoms with Crippen LogP contribution in [0.15, 0.2) is 47.5 Å². The van der Waals surface area contributed by atoms with E-state index in [2.05, 4.69) is 12.2 Å². The van der Waals surface area contributed by atoms with Gasteiger partial charge >= 0.3 is 5.97 Å². The van der Waals surface area contributed by atoms with E-state index >= 15 is 0 Å². The number of esters is 1. The fourth-order valence-corrected chi connectivity index (χ4v) is 4.90. The highest BCUT2D eigenvalue weighted by atomic mass is 16.7. The molecule has 130 valence electrons. The molecule has 5 rings (SSSR count). The molecule has 5 heteroatoms. The lowest BCUT2D eigenvalue weighted by atomic mass is 9.73. The molecule has 5 atom stereocenters. The second kappa shape index (κ2) is 5.02. The molecule has 1 aromatic rings. The van der Waals surface area contributed by atoms with Gasteiger partial charge < -0.3 is 14.2 Å². The minimum Gasteiger partial charge on any atom is -0.405 e. The number of cyclic esters (lactones) is 1. The Morgan fingerprint density at radius 3 is 2.68 bits per heavy atom. The Morgan fingerprint density at radius 2 is 1.96 bits per heavy atom. The first-order valence-electron chi connectivity index (χ1n) is 8.87. The number of hydrogen-bond donors (Lipinski definition) is 0. The van der Waals surface area contributed by atoms with Crippen molar-refractivity contribution in [2.24, 2.45) is 22.7 Å². The van der Waals surface area contributed by atoms with Crippen LogP contribution in [-0.2, 0) is 19.0 Å². The molecule has 2 aliphatic carbocycles. The van der Waals surface area contributed by atoms with Crippen LogP contribution in [-0.4, -0.2) is 35.9 Å². The van der Waals surface area contributed by atoms with Crippen LogP contribution >= 0.6 is 0 Å². The second-order valence-corrected chi connectivity index (χ2v) is 7.78. The van der Waals surface area contributed by atoms with Gasteiger partial charge in [0.1, 0.15) is 0 Å². The summed E-state index contributed by atoms with van der Waals surface area (Å²) < 4.78 is 17.6. The van der Waals surface area contributed by atoms with E-state index in [1.807, 2.05) is 44.2 Å². The number of allylic oxidation sites excluding steroid dienone is 1. The third-order valence-electron chi connectivity index (χ3n) is 5.91. The average Bonchev–Trinajstić information content (AvgIpc) is 3.33. The Kier molecular flexibility index (Phi) is 3.07. The van der Waals surface area contributed by atoms with Gasteiger partial charge in [-0.05, 0) is 38.3 Å². The topological polar surface area (TPSA) is 57.1 Å². The van der Waals surface area contributed by atoms with E-state index in [9.17, 15) is 4.79 Å². The quantitative estimate of drug-likeness (QED) is 0.614. The molecule has 0 radical (unpaired) electrons. The maximum atomic E-state index is 13.0. The lowest BCUT2D eigenvalue weighted by molar-refractivity contribution is -0.156. The standard InChI is InChI=1S/C20H21NO4/c1-19(2)23-11-15(25-19)16-13-8-9-14(10-13)20(16)18(22)24-17(21-20)12-6-4-3-5-7-12/h3-9,13-16H,10-11H2,1-2H3/t13-,14+,15+,16-,20+/m0/s1. The van der Waals surface area contributed by atoms with Crippen LogP contribution in [0.2, 0.25) is 0 Å². The maximum Gasteiger partial charge on any atom is 0.341 e. The minimum atomic E-state index is -0.876. The molecule has 1 aromatic carbocycles. The van der Waals surface area contributed by atoms with Gasteiger partial charge in [0.05, 0.1) is 12.7 Å². The predicted octanol–water partition coefficient (Wildman–Crippen LogP) is 2.70. The Labute approximate surface area is 146 Å². The fraction of sp³-hybridized carbons (Fsp3) is 0.500. The number of carbonyl (C=O) groups is 1. The summed E-state index contributed by atoms with van der Waals surface area (Å²) in [5.41, 5.74) is -0.0406. The van der Waals surface area contributed by atoms with Crippen LogP contribution in [0.3, 0.4) is 0 Å². The van der Waals surface area contributed by atoms with Crippen LogP contribution in [0.25, 0.3) is 0 Å². The monoisotopic (exact) mass is 339 g/mol. The first kappa shape index (κ1) is 15.3. The number of fused-ring (bicyclic) bond motifs is 3. The van der Waals surface area contributed by atoms with Gasteiger partial charge in [-0.3, -0.25) is 0 Å². The normalized spacial score (nSPS) is 40.7. The highest BCUT2D eigenvalue weighted by Gasteiger charge is 2.67. The minimum absolute atomic E-state index is 0.0435. The van der Waals surface area contributed by atoms with Crippen molar-refractivity contribution < 1.29 is 19.0 Å². The number of rotatable bonds is 2. The molecule has 0 aromatic heterocycles. The van der Waals surface area contributed by atoms with Crippen LogP contribution in [0.4, 0.5) is 0 Å². The summed E-state index contributed by atoms with van der Waals surface area (Å²) in [6, 6.07) is 9.62. The number of hydrogen-bond acceptors (Lipinski definition) is 5. The number of ether oxygens (including phenoxy) is 3. The van der Waals surface area contributed by atoms with Crippen molar-refractivity contribution in [1.82, 2.24) is 0 Å². The van der Waals surface area contributed by atoms with E-state index in [1.165, 1.54) is 0 Å². The van der Waals surface area contributed by atoms with Gasteiger partial charge in [0.25, 0.3) is 0 Å². The molecule has 2 aliphatic heterocycles. The Morgan fingerprint density at radius 1 is 1.16 bits per heavy atom. The van der Waals surface area contributed by atoms with E-state index in [0.29, 0.717) is 12.5 Å². The van der Waals surface area contributed by atoms with Crippen molar-refractivity contribution in [3.8, 4) is 0 Å². The smallest absolute Gasteiger partial charge is 0.341 e. The lowest BCUT2D eigenvalue weighted by Crippen LogP contribution is -2.51. The third kappa shape index (κ3) is 2.09. The largest absolute Gasteiger partial charge is 0.405 e. The van der Waals surface area contributed by atoms with Crippen molar-refractivity contribution >= 4 is 11.9 Å². The van der Waals surface area contributed by atoms with Gasteiger partial charge in [-0.15, -0.1) is 0 Å². The summed E-state index contributed by atoms with van der Waals surface area (Å²) >= 11 is 0. The van der Waals surface area contributed by atoms with E-state index in [4.69, 9.17) is 19.2 Å². The van der Waals surface area contributed by atoms with Crippen LogP contribution in [0, 0.1) is 17.8 Å². The van der Waals surface area contributed by atoms with E-state index in [1.54, 1.807) is 0 Å². The summed E-state index contributed by atoms with van der Waals surface area (Å²) in [5.74, 6) is -0.136. The van der Waals surface area contributed by atoms with Gasteiger partial charge in [0, 0.05) is 17.4 Å². The molecule has 2 fully saturated rings. The first-order valence-corrected chi connectivity index (χ1v) is 8.87. The Balaban J connectivity index is 1.57. The maximum absolute atomic E-state index is 13.0. The number of nitrogens with zero attached hydrogens (tertiary/aromatic N) is 1. The van der Waals surface area contributed by atoms with Crippen molar-refractivity contribution in [2.45, 2.75) is 37.7 Å². The predicted molar refractivity (Wildman–Crippen MR) is 90.9 cm³/mol. The van der Waals surface area contributed by atoms with Gasteiger partial charge in [-0.1, -0.05) is 30.4 Å². The average molecular weight is 339 g/mol. The molecule has 1 saturated heterocycles. The molecule has 2 heterocycles. The zero-order valence-corrected chi connectivity index (χ0v) is 14.3. The first-order chi connectivity index (χ1) is 12.0. The SMILES string of the molecule is CC1(C)OC[C@H]([C@@H]2[C@H]3C=C[C@H](C3)[C@@]23N=C(c2ccccc2)OC3=O)O1. The number of aliphatic imine (C=N–C) groups is 1. The van der Waals surface area contributed by atoms with E-state index < -0.39 is 11.3 Å². The summed E-state index contributed by atoms with van der Waals surface area (Å²) in [6.45, 7) is 4.31. The summed E-state index contributed by atoms with van der Waals surface area (Å²) in [5, 5.41) is 0. The third-order valence-corrected chi connectivity index (χ3v) is 5.91. The van der Waals surface area contributed by atoms with E-state index in [0.717, 1.165) is 12.0 Å². The molecular weight excluding hydrogens is 318 g/mol. The molecule has 2 bridgehead atoms. The highest BCUT2D eigenvalue weighted by Crippen LogP contribution is 2.57. The summed E-state index contributed by atoms with van der Waals surface area (Å²) in [7, 11) is 0. The van der Waals surface area contributed by atoms with Gasteiger partial charge in [0.15, 0.2) is 11.3 Å². The van der Waals surface area contributed by atoms with Crippen molar-refractivity contribution in [3.05, 3.63) is 48.0 Å². The van der Waals surface area contributed by atoms with E-state index in [-0.39, 0.29) is 29.8 Å². The molecule has 0 unspecified atom stereocenters. The summed E-state index contributed by atoms with van der Waals surface area (Å²) in [6.07, 6.45) is 5.10. The number of benzene rings is 1. The molecule has 5 nitrogen and oxygen atoms in total. The number of carbonyl (C=O) groups excluding carboxylic acids is 1. The summed E-state index contributed by atoms with van der Waals surface area (Å²) in [4.78, 5) is 17.9. The zero-order valence-electron chi connectivity index (χ0n) is 14.3. The van der Waals surface area contributed by atoms with Crippen molar-refractivity contribution in [3.63, 3.8) is 0 Å². The Hall–Kier alpha value is -1.98. The second-order valence-electron chi connectivity index (χ2n) is 7.78. The molecule has 0 amide bonds. The molecular formula is C20H21NO4. The molecule has 4 aliphatic rings. The van der Waals surface area contributed by atoms with Crippen LogP contribution in [0.1, 0.15) is 25.8 Å². The van der Waals surface area contributed by atoms with Crippen molar-refractivity contribution in [2.75, 3.05) is 6.61 Å². The van der Waals surface area contributed by atoms with Gasteiger partial charge in [-0.25, -0.2) is 9.79 Å². The Bertz CT molecular complexity index is 784. The van der Waals surface area contributed by atoms with Gasteiger partial charge in [0.2, 0.25) is 5.90 Å². The zero-order chi connectivity index (χ0) is 17.2. The molecule has 0 N–H and O–H groups in total. The van der Waals surface area contributed by atoms with Crippen LogP contribution < -0.4 is 0 Å². The molecule has 1 saturated carbocycles. The molecule has 1 spiro atoms. The van der Waals surface area contributed by atoms with Crippen molar-refractivity contribution in [1.29, 1.82) is 0 Å². The fourth-order valence-electron chi connectivity index (χ4n) is 4.90.